The normalized spacial score (nSPS) is 9.60. The first kappa shape index (κ1) is 9.72. The molecule has 0 bridgehead atoms. The smallest absolute Gasteiger partial charge is 0.332 e. The maximum Gasteiger partial charge on any atom is 0.332 e. The molecule has 57 valence electrons. The van der Waals surface area contributed by atoms with Crippen molar-refractivity contribution in [3.05, 3.63) is 12.2 Å². The molecule has 0 aromatic carbocycles. The topological polar surface area (TPSA) is 26.3 Å². The lowest BCUT2D eigenvalue weighted by Crippen LogP contribution is -2.14. The van der Waals surface area contributed by atoms with Gasteiger partial charge in [0.2, 0.25) is 8.11 Å². The summed E-state index contributed by atoms with van der Waals surface area (Å²) >= 11 is 5.62. The molecule has 0 N–H and O–H groups in total. The minimum Gasteiger partial charge on any atom is -0.465 e. The zero-order valence-corrected chi connectivity index (χ0v) is 7.86. The first-order valence-electron chi connectivity index (χ1n) is 2.84. The van der Waals surface area contributed by atoms with E-state index in [1.165, 1.54) is 0 Å². The summed E-state index contributed by atoms with van der Waals surface area (Å²) in [6.45, 7) is 6.90. The SMILES string of the molecule is C=C(C)C(=O)OC[Si](C)Cl. The van der Waals surface area contributed by atoms with E-state index in [2.05, 4.69) is 6.58 Å². The van der Waals surface area contributed by atoms with Crippen molar-refractivity contribution in [3.63, 3.8) is 0 Å². The van der Waals surface area contributed by atoms with Gasteiger partial charge in [0, 0.05) is 5.57 Å². The van der Waals surface area contributed by atoms with E-state index in [1.807, 2.05) is 6.55 Å². The highest BCUT2D eigenvalue weighted by atomic mass is 35.6. The number of ether oxygens (including phenoxy) is 1. The van der Waals surface area contributed by atoms with Gasteiger partial charge >= 0.3 is 5.97 Å². The van der Waals surface area contributed by atoms with E-state index >= 15 is 0 Å². The summed E-state index contributed by atoms with van der Waals surface area (Å²) in [5.74, 6) is -0.356. The van der Waals surface area contributed by atoms with Crippen LogP contribution in [0.3, 0.4) is 0 Å². The van der Waals surface area contributed by atoms with Crippen LogP contribution in [-0.2, 0) is 9.53 Å². The van der Waals surface area contributed by atoms with Crippen molar-refractivity contribution < 1.29 is 9.53 Å². The van der Waals surface area contributed by atoms with Gasteiger partial charge in [-0.1, -0.05) is 13.1 Å². The van der Waals surface area contributed by atoms with Crippen LogP contribution >= 0.6 is 11.1 Å². The molecule has 4 heteroatoms. The summed E-state index contributed by atoms with van der Waals surface area (Å²) in [7, 11) is -0.975. The molecule has 0 amide bonds. The van der Waals surface area contributed by atoms with Crippen LogP contribution in [0.15, 0.2) is 12.2 Å². The Kier molecular flexibility index (Phi) is 4.39. The highest BCUT2D eigenvalue weighted by Gasteiger charge is 2.06. The van der Waals surface area contributed by atoms with Gasteiger partial charge in [-0.15, -0.1) is 0 Å². The highest BCUT2D eigenvalue weighted by molar-refractivity contribution is 7.06. The summed E-state index contributed by atoms with van der Waals surface area (Å²) in [5, 5.41) is 0. The van der Waals surface area contributed by atoms with Crippen LogP contribution in [0.1, 0.15) is 6.92 Å². The molecule has 2 nitrogen and oxygen atoms in total. The predicted molar refractivity (Wildman–Crippen MR) is 43.2 cm³/mol. The zero-order chi connectivity index (χ0) is 8.15. The Morgan fingerprint density at radius 1 is 1.80 bits per heavy atom. The van der Waals surface area contributed by atoms with Gasteiger partial charge < -0.3 is 4.74 Å². The molecular weight excluding hydrogens is 168 g/mol. The number of carbonyl (C=O) groups excluding carboxylic acids is 1. The molecule has 10 heavy (non-hydrogen) atoms. The van der Waals surface area contributed by atoms with Crippen LogP contribution in [-0.4, -0.2) is 20.3 Å². The van der Waals surface area contributed by atoms with Gasteiger partial charge in [0.25, 0.3) is 0 Å². The quantitative estimate of drug-likeness (QED) is 0.283. The van der Waals surface area contributed by atoms with E-state index in [9.17, 15) is 4.79 Å². The fourth-order valence-corrected chi connectivity index (χ4v) is 0.782. The Labute approximate surface area is 67.1 Å². The molecular formula is C6H10ClO2Si. The fourth-order valence-electron chi connectivity index (χ4n) is 0.288. The van der Waals surface area contributed by atoms with E-state index < -0.39 is 8.11 Å². The van der Waals surface area contributed by atoms with Crippen LogP contribution in [0.4, 0.5) is 0 Å². The maximum atomic E-state index is 10.7. The third-order valence-electron chi connectivity index (χ3n) is 0.751. The van der Waals surface area contributed by atoms with E-state index in [0.29, 0.717) is 11.8 Å². The van der Waals surface area contributed by atoms with Gasteiger partial charge in [0.1, 0.15) is 0 Å². The third kappa shape index (κ3) is 4.58. The Balaban J connectivity index is 3.50. The van der Waals surface area contributed by atoms with Crippen LogP contribution in [0, 0.1) is 0 Å². The molecule has 0 heterocycles. The molecule has 0 rings (SSSR count). The summed E-state index contributed by atoms with van der Waals surface area (Å²) in [6, 6.07) is 0. The molecule has 0 saturated carbocycles. The number of esters is 1. The van der Waals surface area contributed by atoms with Crippen LogP contribution < -0.4 is 0 Å². The largest absolute Gasteiger partial charge is 0.465 e. The summed E-state index contributed by atoms with van der Waals surface area (Å²) in [4.78, 5) is 10.7. The monoisotopic (exact) mass is 177 g/mol. The minimum atomic E-state index is -0.975. The number of halogens is 1. The van der Waals surface area contributed by atoms with E-state index in [0.717, 1.165) is 0 Å². The van der Waals surface area contributed by atoms with E-state index in [-0.39, 0.29) is 5.97 Å². The number of hydrogen-bond acceptors (Lipinski definition) is 2. The molecule has 0 aliphatic rings. The second-order valence-corrected chi connectivity index (χ2v) is 5.61. The Bertz CT molecular complexity index is 145. The van der Waals surface area contributed by atoms with Gasteiger partial charge in [-0.3, -0.25) is 0 Å². The zero-order valence-electron chi connectivity index (χ0n) is 6.11. The lowest BCUT2D eigenvalue weighted by molar-refractivity contribution is -0.137. The molecule has 0 spiro atoms. The Morgan fingerprint density at radius 2 is 2.30 bits per heavy atom. The van der Waals surface area contributed by atoms with Crippen molar-refractivity contribution in [1.82, 2.24) is 0 Å². The molecule has 0 atom stereocenters. The van der Waals surface area contributed by atoms with Crippen LogP contribution in [0.5, 0.6) is 0 Å². The average molecular weight is 178 g/mol. The lowest BCUT2D eigenvalue weighted by atomic mass is 10.4. The van der Waals surface area contributed by atoms with Crippen LogP contribution in [0.25, 0.3) is 0 Å². The summed E-state index contributed by atoms with van der Waals surface area (Å²) < 4.78 is 4.74. The second-order valence-electron chi connectivity index (χ2n) is 2.03. The Hall–Kier alpha value is -0.283. The van der Waals surface area contributed by atoms with Gasteiger partial charge in [-0.25, -0.2) is 4.79 Å². The average Bonchev–Trinajstić information content (AvgIpc) is 1.82. The van der Waals surface area contributed by atoms with Gasteiger partial charge in [-0.05, 0) is 6.92 Å². The van der Waals surface area contributed by atoms with Crippen molar-refractivity contribution >= 4 is 25.2 Å². The summed E-state index contributed by atoms with van der Waals surface area (Å²) in [6.07, 6.45) is 0.345. The first-order chi connectivity index (χ1) is 4.54. The molecule has 0 aliphatic heterocycles. The maximum absolute atomic E-state index is 10.7. The number of hydrogen-bond donors (Lipinski definition) is 0. The second kappa shape index (κ2) is 4.52. The van der Waals surface area contributed by atoms with Crippen molar-refractivity contribution in [3.8, 4) is 0 Å². The van der Waals surface area contributed by atoms with Crippen molar-refractivity contribution in [2.75, 3.05) is 6.23 Å². The van der Waals surface area contributed by atoms with Gasteiger partial charge in [0.05, 0.1) is 6.23 Å². The summed E-state index contributed by atoms with van der Waals surface area (Å²) in [5.41, 5.74) is 0.417. The molecule has 0 aromatic rings. The molecule has 0 aromatic heterocycles. The van der Waals surface area contributed by atoms with E-state index in [1.54, 1.807) is 6.92 Å². The van der Waals surface area contributed by atoms with Gasteiger partial charge in [0.15, 0.2) is 0 Å². The molecule has 0 saturated heterocycles. The molecule has 0 unspecified atom stereocenters. The van der Waals surface area contributed by atoms with Crippen LogP contribution in [0.2, 0.25) is 6.55 Å². The predicted octanol–water partition coefficient (Wildman–Crippen LogP) is 1.50. The lowest BCUT2D eigenvalue weighted by Gasteiger charge is -2.02. The van der Waals surface area contributed by atoms with E-state index in [4.69, 9.17) is 15.8 Å². The Morgan fingerprint density at radius 3 is 2.60 bits per heavy atom. The van der Waals surface area contributed by atoms with Crippen molar-refractivity contribution in [1.29, 1.82) is 0 Å². The molecule has 1 radical (unpaired) electrons. The van der Waals surface area contributed by atoms with Gasteiger partial charge in [-0.2, -0.15) is 11.1 Å². The van der Waals surface area contributed by atoms with Crippen molar-refractivity contribution in [2.45, 2.75) is 13.5 Å². The number of carbonyl (C=O) groups is 1. The molecule has 0 fully saturated rings. The number of rotatable bonds is 3. The fraction of sp³-hybridized carbons (Fsp3) is 0.500. The van der Waals surface area contributed by atoms with Crippen molar-refractivity contribution in [2.24, 2.45) is 0 Å². The third-order valence-corrected chi connectivity index (χ3v) is 1.62. The minimum absolute atomic E-state index is 0.345. The first-order valence-corrected chi connectivity index (χ1v) is 6.06. The molecule has 0 aliphatic carbocycles. The highest BCUT2D eigenvalue weighted by Crippen LogP contribution is 1.95. The standard InChI is InChI=1S/C6H10ClO2Si/c1-5(2)6(8)9-4-10(3)7/h1,4H2,2-3H3.